The zero-order chi connectivity index (χ0) is 14.5. The van der Waals surface area contributed by atoms with Gasteiger partial charge < -0.3 is 14.6 Å². The zero-order valence-electron chi connectivity index (χ0n) is 10.4. The first-order valence-corrected chi connectivity index (χ1v) is 5.94. The van der Waals surface area contributed by atoms with Crippen molar-refractivity contribution in [3.8, 4) is 12.0 Å². The maximum atomic E-state index is 10.7. The van der Waals surface area contributed by atoms with Gasteiger partial charge in [0.2, 0.25) is 10.3 Å². The van der Waals surface area contributed by atoms with Crippen LogP contribution in [0.25, 0.3) is 0 Å². The van der Waals surface area contributed by atoms with Crippen molar-refractivity contribution < 1.29 is 19.4 Å². The molecule has 0 fully saturated rings. The van der Waals surface area contributed by atoms with Crippen molar-refractivity contribution in [1.82, 2.24) is 35.2 Å². The summed E-state index contributed by atoms with van der Waals surface area (Å²) in [6.07, 6.45) is 0. The van der Waals surface area contributed by atoms with E-state index in [1.54, 1.807) is 0 Å². The van der Waals surface area contributed by atoms with E-state index >= 15 is 0 Å². The number of methoxy groups -OCH3 is 2. The van der Waals surface area contributed by atoms with Gasteiger partial charge in [0.1, 0.15) is 6.54 Å². The van der Waals surface area contributed by atoms with E-state index in [4.69, 9.17) is 14.6 Å². The van der Waals surface area contributed by atoms with E-state index < -0.39 is 5.97 Å². The number of hydrogen-bond donors (Lipinski definition) is 1. The summed E-state index contributed by atoms with van der Waals surface area (Å²) in [6.45, 7) is -0.366. The molecule has 2 aromatic rings. The van der Waals surface area contributed by atoms with Gasteiger partial charge in [0, 0.05) is 0 Å². The molecule has 11 nitrogen and oxygen atoms in total. The lowest BCUT2D eigenvalue weighted by molar-refractivity contribution is -0.138. The molecule has 0 aliphatic carbocycles. The fourth-order valence-electron chi connectivity index (χ4n) is 1.13. The summed E-state index contributed by atoms with van der Waals surface area (Å²) in [5.41, 5.74) is 0. The molecule has 0 bridgehead atoms. The van der Waals surface area contributed by atoms with Crippen LogP contribution in [-0.4, -0.2) is 60.5 Å². The molecular formula is C8H9N7O4S. The standard InChI is InChI=1S/C8H9N7O4S/c1-18-5-9-6(19-2)11-7(10-5)20-8-12-13-14-15(8)3-4(16)17/h3H2,1-2H3,(H,16,17). The molecule has 0 spiro atoms. The fourth-order valence-corrected chi connectivity index (χ4v) is 1.82. The van der Waals surface area contributed by atoms with E-state index in [9.17, 15) is 4.79 Å². The normalized spacial score (nSPS) is 10.3. The monoisotopic (exact) mass is 299 g/mol. The van der Waals surface area contributed by atoms with E-state index in [0.717, 1.165) is 16.4 Å². The van der Waals surface area contributed by atoms with E-state index in [0.29, 0.717) is 0 Å². The number of carboxylic acids is 1. The third-order valence-electron chi connectivity index (χ3n) is 1.91. The molecule has 20 heavy (non-hydrogen) atoms. The Morgan fingerprint density at radius 3 is 2.45 bits per heavy atom. The van der Waals surface area contributed by atoms with Gasteiger partial charge in [-0.15, -0.1) is 10.1 Å². The summed E-state index contributed by atoms with van der Waals surface area (Å²) in [6, 6.07) is 0.133. The van der Waals surface area contributed by atoms with Gasteiger partial charge in [-0.25, -0.2) is 4.68 Å². The number of aliphatic carboxylic acids is 1. The molecule has 0 saturated heterocycles. The number of nitrogens with zero attached hydrogens (tertiary/aromatic N) is 7. The predicted molar refractivity (Wildman–Crippen MR) is 62.5 cm³/mol. The van der Waals surface area contributed by atoms with E-state index in [-0.39, 0.29) is 28.9 Å². The molecule has 0 aliphatic heterocycles. The first-order chi connectivity index (χ1) is 9.62. The Labute approximate surface area is 116 Å². The molecule has 1 N–H and O–H groups in total. The summed E-state index contributed by atoms with van der Waals surface area (Å²) in [4.78, 5) is 22.5. The van der Waals surface area contributed by atoms with Crippen LogP contribution < -0.4 is 9.47 Å². The van der Waals surface area contributed by atoms with Crippen LogP contribution in [0.4, 0.5) is 0 Å². The maximum absolute atomic E-state index is 10.7. The highest BCUT2D eigenvalue weighted by Crippen LogP contribution is 2.24. The molecule has 0 unspecified atom stereocenters. The van der Waals surface area contributed by atoms with Crippen LogP contribution in [0.1, 0.15) is 0 Å². The smallest absolute Gasteiger partial charge is 0.325 e. The van der Waals surface area contributed by atoms with Crippen molar-refractivity contribution in [3.63, 3.8) is 0 Å². The van der Waals surface area contributed by atoms with Crippen LogP contribution in [0.15, 0.2) is 10.3 Å². The molecule has 0 aliphatic rings. The molecule has 2 heterocycles. The van der Waals surface area contributed by atoms with Crippen LogP contribution >= 0.6 is 11.8 Å². The highest BCUT2D eigenvalue weighted by Gasteiger charge is 2.15. The Morgan fingerprint density at radius 1 is 1.25 bits per heavy atom. The topological polar surface area (TPSA) is 138 Å². The highest BCUT2D eigenvalue weighted by molar-refractivity contribution is 7.99. The Bertz CT molecular complexity index is 596. The molecular weight excluding hydrogens is 290 g/mol. The minimum absolute atomic E-state index is 0.0663. The van der Waals surface area contributed by atoms with Crippen molar-refractivity contribution in [2.24, 2.45) is 0 Å². The summed E-state index contributed by atoms with van der Waals surface area (Å²) >= 11 is 0.963. The second-order valence-corrected chi connectivity index (χ2v) is 4.14. The number of ether oxygens (including phenoxy) is 2. The van der Waals surface area contributed by atoms with Crippen molar-refractivity contribution in [2.45, 2.75) is 16.9 Å². The predicted octanol–water partition coefficient (Wildman–Crippen LogP) is -0.889. The van der Waals surface area contributed by atoms with Crippen molar-refractivity contribution in [1.29, 1.82) is 0 Å². The molecule has 0 aromatic carbocycles. The lowest BCUT2D eigenvalue weighted by Gasteiger charge is -2.04. The van der Waals surface area contributed by atoms with Crippen molar-refractivity contribution >= 4 is 17.7 Å². The highest BCUT2D eigenvalue weighted by atomic mass is 32.2. The molecule has 106 valence electrons. The summed E-state index contributed by atoms with van der Waals surface area (Å²) in [7, 11) is 2.80. The Morgan fingerprint density at radius 2 is 1.90 bits per heavy atom. The number of hydrogen-bond acceptors (Lipinski definition) is 10. The first-order valence-electron chi connectivity index (χ1n) is 5.12. The van der Waals surface area contributed by atoms with Crippen LogP contribution in [0.5, 0.6) is 12.0 Å². The van der Waals surface area contributed by atoms with Crippen LogP contribution in [0.3, 0.4) is 0 Å². The van der Waals surface area contributed by atoms with Gasteiger partial charge in [0.05, 0.1) is 14.2 Å². The summed E-state index contributed by atoms with van der Waals surface area (Å²) in [5, 5.41) is 19.8. The number of tetrazole rings is 1. The first kappa shape index (κ1) is 13.9. The summed E-state index contributed by atoms with van der Waals surface area (Å²) in [5.74, 6) is -1.06. The lowest BCUT2D eigenvalue weighted by Crippen LogP contribution is -2.11. The zero-order valence-corrected chi connectivity index (χ0v) is 11.2. The van der Waals surface area contributed by atoms with E-state index in [2.05, 4.69) is 30.5 Å². The van der Waals surface area contributed by atoms with Gasteiger partial charge in [-0.3, -0.25) is 4.79 Å². The van der Waals surface area contributed by atoms with Crippen molar-refractivity contribution in [2.75, 3.05) is 14.2 Å². The molecule has 0 amide bonds. The second kappa shape index (κ2) is 6.10. The number of carbonyl (C=O) groups is 1. The molecule has 0 saturated carbocycles. The quantitative estimate of drug-likeness (QED) is 0.710. The average Bonchev–Trinajstić information content (AvgIpc) is 2.84. The van der Waals surface area contributed by atoms with Gasteiger partial charge in [-0.1, -0.05) is 0 Å². The average molecular weight is 299 g/mol. The number of carboxylic acid groups (broad SMARTS) is 1. The maximum Gasteiger partial charge on any atom is 0.325 e. The fraction of sp³-hybridized carbons (Fsp3) is 0.375. The van der Waals surface area contributed by atoms with Crippen LogP contribution in [-0.2, 0) is 11.3 Å². The third-order valence-corrected chi connectivity index (χ3v) is 2.75. The minimum atomic E-state index is -1.06. The van der Waals surface area contributed by atoms with Crippen LogP contribution in [0.2, 0.25) is 0 Å². The lowest BCUT2D eigenvalue weighted by atomic mass is 10.7. The largest absolute Gasteiger partial charge is 0.480 e. The van der Waals surface area contributed by atoms with Gasteiger partial charge in [-0.05, 0) is 22.2 Å². The van der Waals surface area contributed by atoms with E-state index in [1.807, 2.05) is 0 Å². The van der Waals surface area contributed by atoms with E-state index in [1.165, 1.54) is 14.2 Å². The molecule has 0 atom stereocenters. The third kappa shape index (κ3) is 3.28. The van der Waals surface area contributed by atoms with Gasteiger partial charge in [0.15, 0.2) is 0 Å². The van der Waals surface area contributed by atoms with Gasteiger partial charge >= 0.3 is 18.0 Å². The second-order valence-electron chi connectivity index (χ2n) is 3.21. The summed E-state index contributed by atoms with van der Waals surface area (Å²) < 4.78 is 10.9. The molecule has 2 aromatic heterocycles. The van der Waals surface area contributed by atoms with Crippen LogP contribution in [0, 0.1) is 0 Å². The molecule has 12 heteroatoms. The number of aromatic nitrogens is 7. The molecule has 0 radical (unpaired) electrons. The van der Waals surface area contributed by atoms with Gasteiger partial charge in [0.25, 0.3) is 0 Å². The van der Waals surface area contributed by atoms with Gasteiger partial charge in [-0.2, -0.15) is 9.97 Å². The number of rotatable bonds is 6. The Kier molecular flexibility index (Phi) is 4.24. The SMILES string of the molecule is COc1nc(OC)nc(Sc2nnnn2CC(=O)O)n1. The molecule has 2 rings (SSSR count). The van der Waals surface area contributed by atoms with Crippen molar-refractivity contribution in [3.05, 3.63) is 0 Å². The Balaban J connectivity index is 2.25. The minimum Gasteiger partial charge on any atom is -0.480 e. The Hall–Kier alpha value is -2.50.